The molecule has 0 saturated carbocycles. The van der Waals surface area contributed by atoms with E-state index in [1.807, 2.05) is 6.20 Å². The summed E-state index contributed by atoms with van der Waals surface area (Å²) >= 11 is 1.79. The highest BCUT2D eigenvalue weighted by molar-refractivity contribution is 7.09. The molecule has 0 radical (unpaired) electrons. The van der Waals surface area contributed by atoms with Crippen molar-refractivity contribution in [2.24, 2.45) is 5.92 Å². The molecule has 2 aliphatic heterocycles. The number of rotatable bonds is 6. The molecule has 1 amide bonds. The molecule has 5 nitrogen and oxygen atoms in total. The Kier molecular flexibility index (Phi) is 5.41. The standard InChI is InChI=1S/C20H28N4OS/c1-2-23-12-9-21-19(23)15-22-10-8-18-16(14-22)5-6-20(25)24(18)11-7-17-4-3-13-26-17/h3-4,9,12-13,16,18H,2,5-8,10-11,14-15H2,1H3/t16-,18+/m0/s1. The van der Waals surface area contributed by atoms with Gasteiger partial charge in [-0.1, -0.05) is 6.07 Å². The molecule has 2 aromatic heterocycles. The Bertz CT molecular complexity index is 726. The molecule has 0 aromatic carbocycles. The quantitative estimate of drug-likeness (QED) is 0.783. The number of aromatic nitrogens is 2. The Balaban J connectivity index is 1.38. The van der Waals surface area contributed by atoms with E-state index in [4.69, 9.17) is 0 Å². The van der Waals surface area contributed by atoms with Crippen molar-refractivity contribution in [3.63, 3.8) is 0 Å². The second-order valence-corrected chi connectivity index (χ2v) is 8.47. The van der Waals surface area contributed by atoms with Crippen molar-refractivity contribution in [1.82, 2.24) is 19.4 Å². The summed E-state index contributed by atoms with van der Waals surface area (Å²) in [7, 11) is 0. The maximum Gasteiger partial charge on any atom is 0.222 e. The fourth-order valence-electron chi connectivity index (χ4n) is 4.53. The third-order valence-electron chi connectivity index (χ3n) is 5.91. The first kappa shape index (κ1) is 17.7. The van der Waals surface area contributed by atoms with E-state index < -0.39 is 0 Å². The van der Waals surface area contributed by atoms with Crippen LogP contribution >= 0.6 is 11.3 Å². The molecule has 140 valence electrons. The zero-order chi connectivity index (χ0) is 17.9. The lowest BCUT2D eigenvalue weighted by Gasteiger charge is -2.47. The van der Waals surface area contributed by atoms with Crippen molar-refractivity contribution < 1.29 is 4.79 Å². The van der Waals surface area contributed by atoms with Crippen LogP contribution in [0.25, 0.3) is 0 Å². The molecule has 0 aliphatic carbocycles. The van der Waals surface area contributed by atoms with Gasteiger partial charge in [0.15, 0.2) is 0 Å². The molecule has 2 aromatic rings. The summed E-state index contributed by atoms with van der Waals surface area (Å²) < 4.78 is 2.23. The average molecular weight is 373 g/mol. The molecule has 0 bridgehead atoms. The van der Waals surface area contributed by atoms with Gasteiger partial charge in [-0.25, -0.2) is 4.98 Å². The van der Waals surface area contributed by atoms with Gasteiger partial charge in [-0.05, 0) is 43.6 Å². The second kappa shape index (κ2) is 7.92. The molecular weight excluding hydrogens is 344 g/mol. The van der Waals surface area contributed by atoms with Crippen LogP contribution in [0.2, 0.25) is 0 Å². The van der Waals surface area contributed by atoms with Crippen LogP contribution in [0.4, 0.5) is 0 Å². The first-order valence-electron chi connectivity index (χ1n) is 9.79. The predicted octanol–water partition coefficient (Wildman–Crippen LogP) is 3.02. The Morgan fingerprint density at radius 3 is 3.08 bits per heavy atom. The smallest absolute Gasteiger partial charge is 0.222 e. The van der Waals surface area contributed by atoms with Crippen molar-refractivity contribution in [3.05, 3.63) is 40.6 Å². The van der Waals surface area contributed by atoms with Crippen LogP contribution in [0, 0.1) is 5.92 Å². The van der Waals surface area contributed by atoms with Crippen LogP contribution < -0.4 is 0 Å². The summed E-state index contributed by atoms with van der Waals surface area (Å²) in [4.78, 5) is 23.2. The van der Waals surface area contributed by atoms with Gasteiger partial charge in [-0.15, -0.1) is 11.3 Å². The lowest BCUT2D eigenvalue weighted by Crippen LogP contribution is -2.56. The minimum absolute atomic E-state index is 0.359. The average Bonchev–Trinajstić information content (AvgIpc) is 3.32. The number of carbonyl (C=O) groups is 1. The van der Waals surface area contributed by atoms with Gasteiger partial charge in [0.1, 0.15) is 5.82 Å². The lowest BCUT2D eigenvalue weighted by atomic mass is 9.83. The Morgan fingerprint density at radius 1 is 1.35 bits per heavy atom. The van der Waals surface area contributed by atoms with E-state index in [2.05, 4.69) is 50.0 Å². The van der Waals surface area contributed by atoms with E-state index in [0.29, 0.717) is 24.3 Å². The first-order valence-corrected chi connectivity index (χ1v) is 10.7. The number of likely N-dealkylation sites (tertiary alicyclic amines) is 2. The number of thiophene rings is 1. The minimum Gasteiger partial charge on any atom is -0.339 e. The number of fused-ring (bicyclic) bond motifs is 1. The summed E-state index contributed by atoms with van der Waals surface area (Å²) in [5.41, 5.74) is 0. The van der Waals surface area contributed by atoms with E-state index in [-0.39, 0.29) is 0 Å². The van der Waals surface area contributed by atoms with Gasteiger partial charge in [0.2, 0.25) is 5.91 Å². The van der Waals surface area contributed by atoms with Crippen LogP contribution in [-0.2, 0) is 24.3 Å². The topological polar surface area (TPSA) is 41.4 Å². The summed E-state index contributed by atoms with van der Waals surface area (Å²) in [5.74, 6) is 2.12. The lowest BCUT2D eigenvalue weighted by molar-refractivity contribution is -0.141. The van der Waals surface area contributed by atoms with E-state index in [9.17, 15) is 4.79 Å². The highest BCUT2D eigenvalue weighted by atomic mass is 32.1. The summed E-state index contributed by atoms with van der Waals surface area (Å²) in [6.07, 6.45) is 7.80. The minimum atomic E-state index is 0.359. The monoisotopic (exact) mass is 372 g/mol. The molecule has 4 heterocycles. The number of aryl methyl sites for hydroxylation is 1. The maximum atomic E-state index is 12.5. The van der Waals surface area contributed by atoms with Gasteiger partial charge >= 0.3 is 0 Å². The van der Waals surface area contributed by atoms with Crippen LogP contribution in [0.5, 0.6) is 0 Å². The summed E-state index contributed by atoms with van der Waals surface area (Å²) in [6, 6.07) is 4.70. The molecule has 4 rings (SSSR count). The van der Waals surface area contributed by atoms with E-state index in [0.717, 1.165) is 57.8 Å². The normalized spacial score (nSPS) is 24.0. The molecule has 2 fully saturated rings. The summed E-state index contributed by atoms with van der Waals surface area (Å²) in [6.45, 7) is 7.08. The predicted molar refractivity (Wildman–Crippen MR) is 104 cm³/mol. The van der Waals surface area contributed by atoms with Crippen LogP contribution in [0.3, 0.4) is 0 Å². The summed E-state index contributed by atoms with van der Waals surface area (Å²) in [5, 5.41) is 2.12. The Morgan fingerprint density at radius 2 is 2.27 bits per heavy atom. The van der Waals surface area contributed by atoms with Gasteiger partial charge in [-0.3, -0.25) is 9.69 Å². The largest absolute Gasteiger partial charge is 0.339 e. The SMILES string of the molecule is CCn1ccnc1CN1CC[C@@H]2[C@@H](CCC(=O)N2CCc2cccs2)C1. The molecule has 0 spiro atoms. The molecule has 2 atom stereocenters. The fraction of sp³-hybridized carbons (Fsp3) is 0.600. The number of piperidine rings is 2. The fourth-order valence-corrected chi connectivity index (χ4v) is 5.22. The number of hydrogen-bond donors (Lipinski definition) is 0. The molecule has 6 heteroatoms. The van der Waals surface area contributed by atoms with Crippen molar-refractivity contribution >= 4 is 17.2 Å². The van der Waals surface area contributed by atoms with E-state index in [1.54, 1.807) is 11.3 Å². The number of carbonyl (C=O) groups excluding carboxylic acids is 1. The van der Waals surface area contributed by atoms with Crippen molar-refractivity contribution in [1.29, 1.82) is 0 Å². The van der Waals surface area contributed by atoms with Gasteiger partial charge in [0.25, 0.3) is 0 Å². The number of nitrogens with zero attached hydrogens (tertiary/aromatic N) is 4. The van der Waals surface area contributed by atoms with Gasteiger partial charge in [0, 0.05) is 55.9 Å². The Hall–Kier alpha value is -1.66. The van der Waals surface area contributed by atoms with E-state index in [1.165, 1.54) is 4.88 Å². The first-order chi connectivity index (χ1) is 12.7. The van der Waals surface area contributed by atoms with Gasteiger partial charge in [-0.2, -0.15) is 0 Å². The zero-order valence-electron chi connectivity index (χ0n) is 15.5. The van der Waals surface area contributed by atoms with Crippen molar-refractivity contribution in [2.75, 3.05) is 19.6 Å². The molecule has 26 heavy (non-hydrogen) atoms. The molecule has 2 saturated heterocycles. The number of imidazole rings is 1. The second-order valence-electron chi connectivity index (χ2n) is 7.44. The number of amides is 1. The molecular formula is C20H28N4OS. The Labute approximate surface area is 159 Å². The third kappa shape index (κ3) is 3.71. The highest BCUT2D eigenvalue weighted by Gasteiger charge is 2.39. The van der Waals surface area contributed by atoms with Crippen LogP contribution in [-0.4, -0.2) is 50.9 Å². The maximum absolute atomic E-state index is 12.5. The van der Waals surface area contributed by atoms with Crippen molar-refractivity contribution in [3.8, 4) is 0 Å². The number of hydrogen-bond acceptors (Lipinski definition) is 4. The van der Waals surface area contributed by atoms with Crippen LogP contribution in [0.15, 0.2) is 29.9 Å². The molecule has 0 unspecified atom stereocenters. The zero-order valence-corrected chi connectivity index (χ0v) is 16.3. The molecule has 0 N–H and O–H groups in total. The highest BCUT2D eigenvalue weighted by Crippen LogP contribution is 2.32. The van der Waals surface area contributed by atoms with Crippen LogP contribution in [0.1, 0.15) is 36.9 Å². The van der Waals surface area contributed by atoms with Crippen molar-refractivity contribution in [2.45, 2.75) is 51.7 Å². The van der Waals surface area contributed by atoms with Gasteiger partial charge in [0.05, 0.1) is 6.54 Å². The van der Waals surface area contributed by atoms with Gasteiger partial charge < -0.3 is 9.47 Å². The molecule has 2 aliphatic rings. The third-order valence-corrected chi connectivity index (χ3v) is 6.85. The van der Waals surface area contributed by atoms with E-state index >= 15 is 0 Å².